The monoisotopic (exact) mass is 305 g/mol. The maximum Gasteiger partial charge on any atom is 0.245 e. The summed E-state index contributed by atoms with van der Waals surface area (Å²) in [5.74, 6) is -2.63. The highest BCUT2D eigenvalue weighted by Gasteiger charge is 2.28. The van der Waals surface area contributed by atoms with Crippen LogP contribution in [0.3, 0.4) is 0 Å². The standard InChI is InChI=1S/C12H17F2N3O2S/c1-3-17(7-8(2)12(15)16)20(18,19)11-5-4-9(13)6-10(11)14/h4-6,8H,3,7H2,1-2H3,(H3,15,16). The normalized spacial score (nSPS) is 13.4. The first kappa shape index (κ1) is 16.5. The van der Waals surface area contributed by atoms with Gasteiger partial charge in [-0.05, 0) is 12.1 Å². The molecule has 1 atom stereocenters. The van der Waals surface area contributed by atoms with Crippen molar-refractivity contribution in [3.05, 3.63) is 29.8 Å². The van der Waals surface area contributed by atoms with E-state index >= 15 is 0 Å². The fourth-order valence-electron chi connectivity index (χ4n) is 1.62. The van der Waals surface area contributed by atoms with Crippen LogP contribution in [0.2, 0.25) is 0 Å². The lowest BCUT2D eigenvalue weighted by Crippen LogP contribution is -2.38. The molecular formula is C12H17F2N3O2S. The molecule has 3 N–H and O–H groups in total. The van der Waals surface area contributed by atoms with E-state index in [0.29, 0.717) is 6.07 Å². The second kappa shape index (κ2) is 6.27. The predicted molar refractivity (Wildman–Crippen MR) is 71.9 cm³/mol. The van der Waals surface area contributed by atoms with Gasteiger partial charge in [-0.15, -0.1) is 0 Å². The largest absolute Gasteiger partial charge is 0.387 e. The summed E-state index contributed by atoms with van der Waals surface area (Å²) in [6.45, 7) is 3.25. The molecule has 0 aliphatic heterocycles. The number of sulfonamides is 1. The van der Waals surface area contributed by atoms with E-state index in [9.17, 15) is 17.2 Å². The fourth-order valence-corrected chi connectivity index (χ4v) is 3.21. The van der Waals surface area contributed by atoms with E-state index in [2.05, 4.69) is 0 Å². The smallest absolute Gasteiger partial charge is 0.245 e. The Morgan fingerprint density at radius 2 is 2.05 bits per heavy atom. The van der Waals surface area contributed by atoms with Gasteiger partial charge in [0.05, 0.1) is 5.84 Å². The molecule has 5 nitrogen and oxygen atoms in total. The Morgan fingerprint density at radius 1 is 1.45 bits per heavy atom. The van der Waals surface area contributed by atoms with Gasteiger partial charge in [-0.2, -0.15) is 4.31 Å². The molecule has 0 heterocycles. The molecule has 0 bridgehead atoms. The first-order chi connectivity index (χ1) is 9.20. The van der Waals surface area contributed by atoms with Gasteiger partial charge in [-0.1, -0.05) is 13.8 Å². The van der Waals surface area contributed by atoms with Crippen molar-refractivity contribution in [1.82, 2.24) is 4.31 Å². The minimum Gasteiger partial charge on any atom is -0.387 e. The van der Waals surface area contributed by atoms with Gasteiger partial charge >= 0.3 is 0 Å². The molecule has 1 aromatic rings. The Bertz CT molecular complexity index is 605. The van der Waals surface area contributed by atoms with Gasteiger partial charge in [0.25, 0.3) is 0 Å². The van der Waals surface area contributed by atoms with Gasteiger partial charge in [0.2, 0.25) is 10.0 Å². The lowest BCUT2D eigenvalue weighted by molar-refractivity contribution is 0.400. The highest BCUT2D eigenvalue weighted by Crippen LogP contribution is 2.21. The van der Waals surface area contributed by atoms with Crippen LogP contribution in [-0.4, -0.2) is 31.6 Å². The summed E-state index contributed by atoms with van der Waals surface area (Å²) < 4.78 is 52.1. The molecule has 8 heteroatoms. The highest BCUT2D eigenvalue weighted by molar-refractivity contribution is 7.89. The van der Waals surface area contributed by atoms with E-state index < -0.39 is 32.5 Å². The second-order valence-electron chi connectivity index (χ2n) is 4.39. The molecule has 0 radical (unpaired) electrons. The number of benzene rings is 1. The summed E-state index contributed by atoms with van der Waals surface area (Å²) in [6, 6.07) is 2.30. The van der Waals surface area contributed by atoms with Crippen LogP contribution in [0.25, 0.3) is 0 Å². The third-order valence-corrected chi connectivity index (χ3v) is 4.85. The van der Waals surface area contributed by atoms with E-state index in [0.717, 1.165) is 16.4 Å². The van der Waals surface area contributed by atoms with Gasteiger partial charge in [0.15, 0.2) is 0 Å². The van der Waals surface area contributed by atoms with E-state index in [1.807, 2.05) is 0 Å². The van der Waals surface area contributed by atoms with Crippen molar-refractivity contribution in [2.45, 2.75) is 18.7 Å². The van der Waals surface area contributed by atoms with Gasteiger partial charge in [0.1, 0.15) is 16.5 Å². The zero-order valence-electron chi connectivity index (χ0n) is 11.2. The number of nitrogens with zero attached hydrogens (tertiary/aromatic N) is 1. The number of hydrogen-bond acceptors (Lipinski definition) is 3. The zero-order chi connectivity index (χ0) is 15.5. The van der Waals surface area contributed by atoms with Crippen molar-refractivity contribution in [3.63, 3.8) is 0 Å². The minimum atomic E-state index is -4.09. The number of amidine groups is 1. The van der Waals surface area contributed by atoms with Crippen LogP contribution in [0, 0.1) is 23.0 Å². The average molecular weight is 305 g/mol. The molecule has 0 aliphatic rings. The van der Waals surface area contributed by atoms with Gasteiger partial charge in [0, 0.05) is 25.1 Å². The Hall–Kier alpha value is -1.54. The second-order valence-corrected chi connectivity index (χ2v) is 6.29. The number of halogens is 2. The van der Waals surface area contributed by atoms with Crippen molar-refractivity contribution in [1.29, 1.82) is 5.41 Å². The molecule has 0 saturated carbocycles. The van der Waals surface area contributed by atoms with Crippen molar-refractivity contribution in [2.24, 2.45) is 11.7 Å². The molecule has 0 saturated heterocycles. The zero-order valence-corrected chi connectivity index (χ0v) is 12.0. The Balaban J connectivity index is 3.15. The van der Waals surface area contributed by atoms with Crippen molar-refractivity contribution >= 4 is 15.9 Å². The molecule has 0 aromatic heterocycles. The quantitative estimate of drug-likeness (QED) is 0.617. The summed E-state index contributed by atoms with van der Waals surface area (Å²) in [4.78, 5) is -0.587. The molecule has 0 spiro atoms. The van der Waals surface area contributed by atoms with Crippen LogP contribution in [0.4, 0.5) is 8.78 Å². The van der Waals surface area contributed by atoms with Gasteiger partial charge < -0.3 is 5.73 Å². The number of nitrogens with one attached hydrogen (secondary N) is 1. The lowest BCUT2D eigenvalue weighted by atomic mass is 10.1. The molecule has 20 heavy (non-hydrogen) atoms. The van der Waals surface area contributed by atoms with Crippen LogP contribution in [-0.2, 0) is 10.0 Å². The van der Waals surface area contributed by atoms with E-state index in [-0.39, 0.29) is 18.9 Å². The predicted octanol–water partition coefficient (Wildman–Crippen LogP) is 1.55. The van der Waals surface area contributed by atoms with Crippen LogP contribution >= 0.6 is 0 Å². The first-order valence-corrected chi connectivity index (χ1v) is 7.43. The Labute approximate surface area is 116 Å². The van der Waals surface area contributed by atoms with Crippen LogP contribution in [0.5, 0.6) is 0 Å². The summed E-state index contributed by atoms with van der Waals surface area (Å²) in [7, 11) is -4.09. The van der Waals surface area contributed by atoms with E-state index in [1.54, 1.807) is 13.8 Å². The van der Waals surface area contributed by atoms with Crippen LogP contribution in [0.15, 0.2) is 23.1 Å². The molecule has 112 valence electrons. The third-order valence-electron chi connectivity index (χ3n) is 2.87. The van der Waals surface area contributed by atoms with Gasteiger partial charge in [-0.25, -0.2) is 17.2 Å². The molecule has 1 aromatic carbocycles. The molecule has 1 unspecified atom stereocenters. The minimum absolute atomic E-state index is 0.0367. The molecule has 1 rings (SSSR count). The van der Waals surface area contributed by atoms with Crippen molar-refractivity contribution in [3.8, 4) is 0 Å². The van der Waals surface area contributed by atoms with E-state index in [1.165, 1.54) is 0 Å². The van der Waals surface area contributed by atoms with Crippen LogP contribution < -0.4 is 5.73 Å². The molecule has 0 aliphatic carbocycles. The lowest BCUT2D eigenvalue weighted by Gasteiger charge is -2.23. The number of hydrogen-bond donors (Lipinski definition) is 2. The fraction of sp³-hybridized carbons (Fsp3) is 0.417. The first-order valence-electron chi connectivity index (χ1n) is 5.99. The summed E-state index contributed by atoms with van der Waals surface area (Å²) in [5.41, 5.74) is 5.31. The summed E-state index contributed by atoms with van der Waals surface area (Å²) >= 11 is 0. The Morgan fingerprint density at radius 3 is 2.50 bits per heavy atom. The maximum absolute atomic E-state index is 13.6. The van der Waals surface area contributed by atoms with E-state index in [4.69, 9.17) is 11.1 Å². The average Bonchev–Trinajstić information content (AvgIpc) is 2.34. The Kier molecular flexibility index (Phi) is 5.18. The number of nitrogens with two attached hydrogens (primary N) is 1. The highest BCUT2D eigenvalue weighted by atomic mass is 32.2. The van der Waals surface area contributed by atoms with Crippen molar-refractivity contribution in [2.75, 3.05) is 13.1 Å². The molecule has 0 fully saturated rings. The van der Waals surface area contributed by atoms with Crippen molar-refractivity contribution < 1.29 is 17.2 Å². The molecular weight excluding hydrogens is 288 g/mol. The molecule has 0 amide bonds. The summed E-state index contributed by atoms with van der Waals surface area (Å²) in [5, 5.41) is 7.28. The topological polar surface area (TPSA) is 87.2 Å². The third kappa shape index (κ3) is 3.51. The van der Waals surface area contributed by atoms with Crippen LogP contribution in [0.1, 0.15) is 13.8 Å². The number of rotatable bonds is 6. The SMILES string of the molecule is CCN(CC(C)C(=N)N)S(=O)(=O)c1ccc(F)cc1F. The maximum atomic E-state index is 13.6. The van der Waals surface area contributed by atoms with Gasteiger partial charge in [-0.3, -0.25) is 5.41 Å². The summed E-state index contributed by atoms with van der Waals surface area (Å²) in [6.07, 6.45) is 0.